The predicted molar refractivity (Wildman–Crippen MR) is 85.2 cm³/mol. The highest BCUT2D eigenvalue weighted by Gasteiger charge is 2.28. The van der Waals surface area contributed by atoms with E-state index in [1.165, 1.54) is 0 Å². The van der Waals surface area contributed by atoms with Crippen LogP contribution in [-0.4, -0.2) is 24.0 Å². The molecule has 0 spiro atoms. The number of aromatic amines is 1. The maximum Gasteiger partial charge on any atom is 0.405 e. The zero-order chi connectivity index (χ0) is 17.1. The van der Waals surface area contributed by atoms with E-state index in [1.54, 1.807) is 0 Å². The molecular weight excluding hydrogens is 353 g/mol. The van der Waals surface area contributed by atoms with E-state index < -0.39 is 18.5 Å². The number of nitrogen functional groups attached to an aromatic ring is 1. The Labute approximate surface area is 143 Å². The van der Waals surface area contributed by atoms with Gasteiger partial charge in [0, 0.05) is 5.54 Å². The van der Waals surface area contributed by atoms with Crippen LogP contribution in [0.5, 0.6) is 0 Å². The van der Waals surface area contributed by atoms with E-state index in [-0.39, 0.29) is 32.1 Å². The van der Waals surface area contributed by atoms with Gasteiger partial charge in [-0.15, -0.1) is 0 Å². The molecule has 0 aliphatic rings. The first-order chi connectivity index (χ1) is 10.1. The van der Waals surface area contributed by atoms with Crippen molar-refractivity contribution in [2.45, 2.75) is 32.7 Å². The summed E-state index contributed by atoms with van der Waals surface area (Å²) in [7, 11) is 0. The predicted octanol–water partition coefficient (Wildman–Crippen LogP) is 2.50. The van der Waals surface area contributed by atoms with Gasteiger partial charge in [-0.2, -0.15) is 4.98 Å². The number of anilines is 1. The summed E-state index contributed by atoms with van der Waals surface area (Å²) >= 11 is 17.5. The molecular formula is C13H17Cl3N3O3+. The molecule has 4 N–H and O–H groups in total. The lowest BCUT2D eigenvalue weighted by Crippen LogP contribution is -2.44. The third-order valence-electron chi connectivity index (χ3n) is 3.02. The van der Waals surface area contributed by atoms with Crippen molar-refractivity contribution in [3.8, 4) is 0 Å². The van der Waals surface area contributed by atoms with Crippen LogP contribution < -0.4 is 16.0 Å². The van der Waals surface area contributed by atoms with Crippen LogP contribution in [-0.2, 0) is 9.53 Å². The number of H-pyrrole nitrogens is 1. The second kappa shape index (κ2) is 7.35. The number of amides is 1. The zero-order valence-corrected chi connectivity index (χ0v) is 14.6. The monoisotopic (exact) mass is 368 g/mol. The Hall–Kier alpha value is -1.24. The number of ether oxygens (including phenoxy) is 1. The van der Waals surface area contributed by atoms with Gasteiger partial charge in [-0.05, 0) is 31.9 Å². The smallest absolute Gasteiger partial charge is 0.405 e. The summed E-state index contributed by atoms with van der Waals surface area (Å²) in [5.41, 5.74) is 5.02. The number of halogens is 3. The minimum atomic E-state index is -0.861. The molecule has 0 unspecified atom stereocenters. The Morgan fingerprint density at radius 1 is 1.27 bits per heavy atom. The molecule has 0 aliphatic heterocycles. The fourth-order valence-corrected chi connectivity index (χ4v) is 2.02. The molecule has 0 bridgehead atoms. The lowest BCUT2D eigenvalue weighted by Gasteiger charge is -2.24. The van der Waals surface area contributed by atoms with E-state index in [0.29, 0.717) is 0 Å². The van der Waals surface area contributed by atoms with Crippen molar-refractivity contribution >= 4 is 52.4 Å². The summed E-state index contributed by atoms with van der Waals surface area (Å²) in [5.74, 6) is -1.29. The van der Waals surface area contributed by atoms with Crippen LogP contribution >= 0.6 is 34.8 Å². The first kappa shape index (κ1) is 18.8. The molecule has 0 saturated heterocycles. The highest BCUT2D eigenvalue weighted by Crippen LogP contribution is 2.32. The van der Waals surface area contributed by atoms with Gasteiger partial charge in [-0.1, -0.05) is 30.1 Å². The second-order valence-electron chi connectivity index (χ2n) is 5.22. The van der Waals surface area contributed by atoms with Crippen LogP contribution in [0.2, 0.25) is 15.2 Å². The molecule has 1 rings (SSSR count). The summed E-state index contributed by atoms with van der Waals surface area (Å²) in [4.78, 5) is 26.2. The number of pyridine rings is 1. The molecule has 0 radical (unpaired) electrons. The Bertz CT molecular complexity index is 606. The molecule has 0 saturated carbocycles. The second-order valence-corrected chi connectivity index (χ2v) is 6.35. The average Bonchev–Trinajstić information content (AvgIpc) is 2.46. The summed E-state index contributed by atoms with van der Waals surface area (Å²) < 4.78 is 4.89. The van der Waals surface area contributed by atoms with Crippen LogP contribution in [0, 0.1) is 0 Å². The highest BCUT2D eigenvalue weighted by atomic mass is 35.5. The van der Waals surface area contributed by atoms with Crippen LogP contribution in [0.25, 0.3) is 0 Å². The van der Waals surface area contributed by atoms with Crippen LogP contribution in [0.4, 0.5) is 5.69 Å². The first-order valence-electron chi connectivity index (χ1n) is 6.42. The van der Waals surface area contributed by atoms with E-state index in [4.69, 9.17) is 45.3 Å². The number of rotatable bonds is 5. The number of nitrogens with one attached hydrogen (secondary N) is 2. The average molecular weight is 370 g/mol. The molecule has 0 fully saturated rings. The quantitative estimate of drug-likeness (QED) is 0.615. The third kappa shape index (κ3) is 4.63. The zero-order valence-electron chi connectivity index (χ0n) is 12.4. The minimum absolute atomic E-state index is 0.00524. The maximum absolute atomic E-state index is 11.9. The lowest BCUT2D eigenvalue weighted by molar-refractivity contribution is -0.380. The minimum Gasteiger partial charge on any atom is -0.448 e. The van der Waals surface area contributed by atoms with Gasteiger partial charge in [-0.25, -0.2) is 4.79 Å². The van der Waals surface area contributed by atoms with Crippen molar-refractivity contribution in [3.63, 3.8) is 0 Å². The third-order valence-corrected chi connectivity index (χ3v) is 4.19. The molecule has 0 atom stereocenters. The number of carbonyl (C=O) groups is 2. The number of esters is 1. The van der Waals surface area contributed by atoms with Gasteiger partial charge < -0.3 is 15.8 Å². The van der Waals surface area contributed by atoms with Crippen molar-refractivity contribution in [2.24, 2.45) is 0 Å². The molecule has 9 heteroatoms. The van der Waals surface area contributed by atoms with Crippen molar-refractivity contribution < 1.29 is 19.3 Å². The van der Waals surface area contributed by atoms with Gasteiger partial charge in [0.2, 0.25) is 0 Å². The maximum atomic E-state index is 11.9. The number of nitrogens with two attached hydrogens (primary N) is 1. The fraction of sp³-hybridized carbons (Fsp3) is 0.462. The standard InChI is InChI=1S/C13H16Cl3N3O3/c1-4-13(2,3)19-6(20)5-22-12(21)10-7(14)9(17)8(15)11(16)18-10/h4-5H2,1-3H3,(H2,17,18)(H,19,20)/p+1. The molecule has 1 amide bonds. The van der Waals surface area contributed by atoms with Crippen molar-refractivity contribution in [1.29, 1.82) is 0 Å². The Kier molecular flexibility index (Phi) is 6.28. The molecule has 122 valence electrons. The van der Waals surface area contributed by atoms with Gasteiger partial charge in [0.1, 0.15) is 10.0 Å². The summed E-state index contributed by atoms with van der Waals surface area (Å²) in [6, 6.07) is 0. The highest BCUT2D eigenvalue weighted by molar-refractivity contribution is 6.45. The van der Waals surface area contributed by atoms with Crippen molar-refractivity contribution in [3.05, 3.63) is 20.9 Å². The Morgan fingerprint density at radius 3 is 2.41 bits per heavy atom. The van der Waals surface area contributed by atoms with E-state index in [1.807, 2.05) is 20.8 Å². The fourth-order valence-electron chi connectivity index (χ4n) is 1.41. The molecule has 1 aromatic rings. The van der Waals surface area contributed by atoms with Crippen molar-refractivity contribution in [2.75, 3.05) is 12.3 Å². The Morgan fingerprint density at radius 2 is 1.86 bits per heavy atom. The Balaban J connectivity index is 2.77. The summed E-state index contributed by atoms with van der Waals surface area (Å²) in [5, 5.41) is 2.57. The van der Waals surface area contributed by atoms with Crippen LogP contribution in [0.3, 0.4) is 0 Å². The van der Waals surface area contributed by atoms with E-state index in [2.05, 4.69) is 10.3 Å². The van der Waals surface area contributed by atoms with Gasteiger partial charge >= 0.3 is 11.7 Å². The van der Waals surface area contributed by atoms with E-state index in [9.17, 15) is 9.59 Å². The largest absolute Gasteiger partial charge is 0.448 e. The van der Waals surface area contributed by atoms with Gasteiger partial charge in [0.15, 0.2) is 6.61 Å². The van der Waals surface area contributed by atoms with Gasteiger partial charge in [0.25, 0.3) is 11.1 Å². The lowest BCUT2D eigenvalue weighted by atomic mass is 10.0. The van der Waals surface area contributed by atoms with Crippen LogP contribution in [0.1, 0.15) is 37.7 Å². The molecule has 22 heavy (non-hydrogen) atoms. The summed E-state index contributed by atoms with van der Waals surface area (Å²) in [6.07, 6.45) is 0.732. The normalized spacial score (nSPS) is 11.2. The number of carbonyl (C=O) groups excluding carboxylic acids is 2. The topological polar surface area (TPSA) is 95.6 Å². The van der Waals surface area contributed by atoms with E-state index >= 15 is 0 Å². The molecule has 6 nitrogen and oxygen atoms in total. The summed E-state index contributed by atoms with van der Waals surface area (Å²) in [6.45, 7) is 5.19. The first-order valence-corrected chi connectivity index (χ1v) is 7.55. The van der Waals surface area contributed by atoms with Gasteiger partial charge in [-0.3, -0.25) is 4.79 Å². The number of aromatic nitrogens is 1. The molecule has 0 aliphatic carbocycles. The van der Waals surface area contributed by atoms with E-state index in [0.717, 1.165) is 6.42 Å². The van der Waals surface area contributed by atoms with Crippen molar-refractivity contribution in [1.82, 2.24) is 5.32 Å². The SMILES string of the molecule is CCC(C)(C)NC(=O)COC(=O)c1[nH+]c(Cl)c(Cl)c(N)c1Cl. The van der Waals surface area contributed by atoms with Gasteiger partial charge in [0.05, 0.1) is 5.69 Å². The van der Waals surface area contributed by atoms with Crippen LogP contribution in [0.15, 0.2) is 0 Å². The molecule has 0 aromatic carbocycles. The molecule has 1 heterocycles. The number of hydrogen-bond donors (Lipinski definition) is 2. The number of hydrogen-bond acceptors (Lipinski definition) is 4. The molecule has 1 aromatic heterocycles.